The van der Waals surface area contributed by atoms with Crippen molar-refractivity contribution < 1.29 is 8.42 Å². The molecule has 0 aromatic carbocycles. The summed E-state index contributed by atoms with van der Waals surface area (Å²) in [6.45, 7) is 5.17. The Balaban J connectivity index is 3.83. The molecule has 0 saturated carbocycles. The number of nitrogens with one attached hydrogen (secondary N) is 1. The van der Waals surface area contributed by atoms with Gasteiger partial charge in [-0.15, -0.1) is 11.6 Å². The molecular weight excluding hydrogens is 236 g/mol. The lowest BCUT2D eigenvalue weighted by Crippen LogP contribution is -2.40. The van der Waals surface area contributed by atoms with Crippen LogP contribution in [0.3, 0.4) is 0 Å². The Kier molecular flexibility index (Phi) is 8.42. The first-order chi connectivity index (χ1) is 7.08. The summed E-state index contributed by atoms with van der Waals surface area (Å²) >= 11 is 5.52. The summed E-state index contributed by atoms with van der Waals surface area (Å²) in [6, 6.07) is 0. The number of halogens is 1. The molecular formula is C9H21ClN2O2S. The maximum Gasteiger partial charge on any atom is 0.279 e. The zero-order valence-corrected chi connectivity index (χ0v) is 11.1. The highest BCUT2D eigenvalue weighted by Gasteiger charge is 2.16. The van der Waals surface area contributed by atoms with Crippen molar-refractivity contribution in [2.45, 2.75) is 33.1 Å². The second kappa shape index (κ2) is 8.33. The van der Waals surface area contributed by atoms with Crippen LogP contribution < -0.4 is 4.72 Å². The standard InChI is InChI=1S/C9H21ClN2O2S/c1-3-12(4-2)15(13,14)11-9-7-5-6-8-10/h11H,3-9H2,1-2H3. The van der Waals surface area contributed by atoms with Crippen LogP contribution >= 0.6 is 11.6 Å². The highest BCUT2D eigenvalue weighted by Crippen LogP contribution is 1.99. The number of nitrogens with zero attached hydrogens (tertiary/aromatic N) is 1. The number of hydrogen-bond donors (Lipinski definition) is 1. The minimum atomic E-state index is -3.26. The van der Waals surface area contributed by atoms with Crippen molar-refractivity contribution in [1.29, 1.82) is 0 Å². The van der Waals surface area contributed by atoms with E-state index in [2.05, 4.69) is 4.72 Å². The lowest BCUT2D eigenvalue weighted by atomic mass is 10.2. The fourth-order valence-electron chi connectivity index (χ4n) is 1.25. The smallest absolute Gasteiger partial charge is 0.202 e. The summed E-state index contributed by atoms with van der Waals surface area (Å²) in [7, 11) is -3.26. The molecule has 0 unspecified atom stereocenters. The van der Waals surface area contributed by atoms with Crippen molar-refractivity contribution >= 4 is 21.8 Å². The molecule has 0 atom stereocenters. The molecule has 0 aromatic rings. The fraction of sp³-hybridized carbons (Fsp3) is 1.00. The quantitative estimate of drug-likeness (QED) is 0.503. The Labute approximate surface area is 98.2 Å². The Morgan fingerprint density at radius 2 is 1.73 bits per heavy atom. The van der Waals surface area contributed by atoms with E-state index in [-0.39, 0.29) is 0 Å². The molecule has 0 aromatic heterocycles. The predicted molar refractivity (Wildman–Crippen MR) is 64.4 cm³/mol. The maximum atomic E-state index is 11.6. The molecule has 0 saturated heterocycles. The van der Waals surface area contributed by atoms with Gasteiger partial charge >= 0.3 is 0 Å². The third kappa shape index (κ3) is 6.35. The first-order valence-electron chi connectivity index (χ1n) is 5.39. The average Bonchev–Trinajstić information content (AvgIpc) is 2.18. The topological polar surface area (TPSA) is 49.4 Å². The van der Waals surface area contributed by atoms with Crippen LogP contribution in [0.15, 0.2) is 0 Å². The van der Waals surface area contributed by atoms with E-state index in [9.17, 15) is 8.42 Å². The third-order valence-electron chi connectivity index (χ3n) is 2.14. The Morgan fingerprint density at radius 3 is 2.20 bits per heavy atom. The zero-order chi connectivity index (χ0) is 11.7. The van der Waals surface area contributed by atoms with E-state index in [0.29, 0.717) is 25.5 Å². The van der Waals surface area contributed by atoms with E-state index in [1.54, 1.807) is 0 Å². The van der Waals surface area contributed by atoms with Crippen molar-refractivity contribution in [3.05, 3.63) is 0 Å². The maximum absolute atomic E-state index is 11.6. The largest absolute Gasteiger partial charge is 0.279 e. The molecule has 92 valence electrons. The number of unbranched alkanes of at least 4 members (excludes halogenated alkanes) is 2. The van der Waals surface area contributed by atoms with Gasteiger partial charge in [-0.1, -0.05) is 20.3 Å². The van der Waals surface area contributed by atoms with Crippen molar-refractivity contribution in [1.82, 2.24) is 9.03 Å². The van der Waals surface area contributed by atoms with Gasteiger partial charge in [0, 0.05) is 25.5 Å². The van der Waals surface area contributed by atoms with Crippen molar-refractivity contribution in [3.63, 3.8) is 0 Å². The summed E-state index contributed by atoms with van der Waals surface area (Å²) in [5.74, 6) is 0.642. The molecule has 0 radical (unpaired) electrons. The van der Waals surface area contributed by atoms with Crippen molar-refractivity contribution in [3.8, 4) is 0 Å². The summed E-state index contributed by atoms with van der Waals surface area (Å²) in [5.41, 5.74) is 0. The van der Waals surface area contributed by atoms with Gasteiger partial charge in [0.15, 0.2) is 0 Å². The second-order valence-electron chi connectivity index (χ2n) is 3.23. The minimum Gasteiger partial charge on any atom is -0.202 e. The van der Waals surface area contributed by atoms with Crippen LogP contribution in [0.25, 0.3) is 0 Å². The van der Waals surface area contributed by atoms with Gasteiger partial charge < -0.3 is 0 Å². The molecule has 6 heteroatoms. The first-order valence-corrected chi connectivity index (χ1v) is 7.36. The Hall–Kier alpha value is 0.160. The van der Waals surface area contributed by atoms with Gasteiger partial charge in [0.25, 0.3) is 10.2 Å². The van der Waals surface area contributed by atoms with Crippen LogP contribution in [0.2, 0.25) is 0 Å². The molecule has 0 rings (SSSR count). The van der Waals surface area contributed by atoms with Gasteiger partial charge in [0.1, 0.15) is 0 Å². The Bertz CT molecular complexity index is 240. The molecule has 15 heavy (non-hydrogen) atoms. The van der Waals surface area contributed by atoms with Crippen LogP contribution in [0.1, 0.15) is 33.1 Å². The number of rotatable bonds is 9. The van der Waals surface area contributed by atoms with Gasteiger partial charge in [-0.2, -0.15) is 12.7 Å². The van der Waals surface area contributed by atoms with Crippen LogP contribution in [0.5, 0.6) is 0 Å². The molecule has 0 aliphatic heterocycles. The second-order valence-corrected chi connectivity index (χ2v) is 5.37. The van der Waals surface area contributed by atoms with E-state index >= 15 is 0 Å². The van der Waals surface area contributed by atoms with Crippen molar-refractivity contribution in [2.24, 2.45) is 0 Å². The highest BCUT2D eigenvalue weighted by atomic mass is 35.5. The lowest BCUT2D eigenvalue weighted by Gasteiger charge is -2.18. The van der Waals surface area contributed by atoms with E-state index in [4.69, 9.17) is 11.6 Å². The van der Waals surface area contributed by atoms with Crippen LogP contribution in [0, 0.1) is 0 Å². The highest BCUT2D eigenvalue weighted by molar-refractivity contribution is 7.87. The molecule has 0 spiro atoms. The summed E-state index contributed by atoms with van der Waals surface area (Å²) in [5, 5.41) is 0. The van der Waals surface area contributed by atoms with E-state index in [0.717, 1.165) is 19.3 Å². The van der Waals surface area contributed by atoms with Crippen LogP contribution in [-0.4, -0.2) is 38.2 Å². The molecule has 0 aliphatic rings. The molecule has 1 N–H and O–H groups in total. The lowest BCUT2D eigenvalue weighted by molar-refractivity contribution is 0.434. The van der Waals surface area contributed by atoms with Gasteiger partial charge in [0.05, 0.1) is 0 Å². The fourth-order valence-corrected chi connectivity index (χ4v) is 2.71. The molecule has 0 heterocycles. The van der Waals surface area contributed by atoms with Crippen molar-refractivity contribution in [2.75, 3.05) is 25.5 Å². The monoisotopic (exact) mass is 256 g/mol. The molecule has 0 fully saturated rings. The summed E-state index contributed by atoms with van der Waals surface area (Å²) in [6.07, 6.45) is 2.74. The average molecular weight is 257 g/mol. The molecule has 4 nitrogen and oxygen atoms in total. The van der Waals surface area contributed by atoms with Gasteiger partial charge in [-0.25, -0.2) is 4.72 Å². The number of hydrogen-bond acceptors (Lipinski definition) is 2. The molecule has 0 amide bonds. The third-order valence-corrected chi connectivity index (χ3v) is 4.17. The molecule has 0 aliphatic carbocycles. The zero-order valence-electron chi connectivity index (χ0n) is 9.50. The summed E-state index contributed by atoms with van der Waals surface area (Å²) in [4.78, 5) is 0. The van der Waals surface area contributed by atoms with Crippen LogP contribution in [0.4, 0.5) is 0 Å². The van der Waals surface area contributed by atoms with Gasteiger partial charge in [-0.05, 0) is 12.8 Å². The van der Waals surface area contributed by atoms with Gasteiger partial charge in [0.2, 0.25) is 0 Å². The SMILES string of the molecule is CCN(CC)S(=O)(=O)NCCCCCCl. The van der Waals surface area contributed by atoms with E-state index < -0.39 is 10.2 Å². The Morgan fingerprint density at radius 1 is 1.13 bits per heavy atom. The normalized spacial score (nSPS) is 12.3. The minimum absolute atomic E-state index is 0.496. The van der Waals surface area contributed by atoms with Crippen LogP contribution in [-0.2, 0) is 10.2 Å². The van der Waals surface area contributed by atoms with E-state index in [1.807, 2.05) is 13.8 Å². The summed E-state index contributed by atoms with van der Waals surface area (Å²) < 4.78 is 27.2. The predicted octanol–water partition coefficient (Wildman–Crippen LogP) is 1.57. The molecule has 0 bridgehead atoms. The van der Waals surface area contributed by atoms with Gasteiger partial charge in [-0.3, -0.25) is 0 Å². The first kappa shape index (κ1) is 15.2. The van der Waals surface area contributed by atoms with E-state index in [1.165, 1.54) is 4.31 Å². The number of alkyl halides is 1.